The van der Waals surface area contributed by atoms with Crippen molar-refractivity contribution in [1.82, 2.24) is 15.0 Å². The Morgan fingerprint density at radius 3 is 3.00 bits per heavy atom. The molecule has 0 aromatic carbocycles. The molecule has 0 bridgehead atoms. The molecule has 2 aromatic heterocycles. The third-order valence-corrected chi connectivity index (χ3v) is 2.16. The predicted molar refractivity (Wildman–Crippen MR) is 55.9 cm³/mol. The minimum atomic E-state index is 0.868. The van der Waals surface area contributed by atoms with Crippen molar-refractivity contribution in [1.29, 1.82) is 0 Å². The zero-order chi connectivity index (χ0) is 9.80. The topological polar surface area (TPSA) is 38.7 Å². The van der Waals surface area contributed by atoms with Crippen LogP contribution in [0.15, 0.2) is 24.5 Å². The summed E-state index contributed by atoms with van der Waals surface area (Å²) in [5.41, 5.74) is 1.81. The molecule has 0 aliphatic rings. The summed E-state index contributed by atoms with van der Waals surface area (Å²) in [6.07, 6.45) is 6.84. The molecule has 2 rings (SSSR count). The lowest BCUT2D eigenvalue weighted by atomic mass is 10.2. The summed E-state index contributed by atoms with van der Waals surface area (Å²) in [6.45, 7) is 2.17. The lowest BCUT2D eigenvalue weighted by molar-refractivity contribution is 0.756. The number of fused-ring (bicyclic) bond motifs is 1. The maximum atomic E-state index is 4.44. The van der Waals surface area contributed by atoms with E-state index in [-0.39, 0.29) is 0 Å². The van der Waals surface area contributed by atoms with Gasteiger partial charge in [-0.1, -0.05) is 13.3 Å². The van der Waals surface area contributed by atoms with E-state index in [0.717, 1.165) is 29.7 Å². The molecule has 0 spiro atoms. The monoisotopic (exact) mass is 187 g/mol. The Kier molecular flexibility index (Phi) is 2.68. The Hall–Kier alpha value is -1.51. The quantitative estimate of drug-likeness (QED) is 0.740. The van der Waals surface area contributed by atoms with E-state index in [2.05, 4.69) is 21.9 Å². The van der Waals surface area contributed by atoms with Crippen molar-refractivity contribution < 1.29 is 0 Å². The average Bonchev–Trinajstić information content (AvgIpc) is 2.26. The third-order valence-electron chi connectivity index (χ3n) is 2.16. The molecule has 3 heteroatoms. The highest BCUT2D eigenvalue weighted by atomic mass is 14.9. The van der Waals surface area contributed by atoms with E-state index in [1.54, 1.807) is 12.4 Å². The second kappa shape index (κ2) is 4.13. The number of aryl methyl sites for hydroxylation is 1. The van der Waals surface area contributed by atoms with Crippen molar-refractivity contribution in [3.63, 3.8) is 0 Å². The molecule has 72 valence electrons. The molecule has 2 heterocycles. The van der Waals surface area contributed by atoms with Gasteiger partial charge in [0.2, 0.25) is 0 Å². The number of nitrogens with zero attached hydrogens (tertiary/aromatic N) is 3. The molecule has 0 atom stereocenters. The van der Waals surface area contributed by atoms with Crippen LogP contribution >= 0.6 is 0 Å². The molecule has 0 radical (unpaired) electrons. The second-order valence-electron chi connectivity index (χ2n) is 3.30. The van der Waals surface area contributed by atoms with Gasteiger partial charge in [-0.2, -0.15) is 0 Å². The Labute approximate surface area is 83.2 Å². The number of aromatic nitrogens is 3. The first-order valence-electron chi connectivity index (χ1n) is 4.97. The normalized spacial score (nSPS) is 10.6. The minimum absolute atomic E-state index is 0.868. The summed E-state index contributed by atoms with van der Waals surface area (Å²) in [5, 5.41) is 0. The smallest absolute Gasteiger partial charge is 0.129 e. The molecule has 3 nitrogen and oxygen atoms in total. The van der Waals surface area contributed by atoms with Crippen LogP contribution < -0.4 is 0 Å². The standard InChI is InChI=1S/C11H13N3/c1-2-3-6-11-13-8-10-9(14-11)5-4-7-12-10/h4-5,7-8H,2-3,6H2,1H3. The number of pyridine rings is 1. The highest BCUT2D eigenvalue weighted by molar-refractivity contribution is 5.72. The fraction of sp³-hybridized carbons (Fsp3) is 0.364. The van der Waals surface area contributed by atoms with Crippen molar-refractivity contribution in [3.05, 3.63) is 30.4 Å². The second-order valence-corrected chi connectivity index (χ2v) is 3.30. The van der Waals surface area contributed by atoms with E-state index in [1.165, 1.54) is 6.42 Å². The Bertz CT molecular complexity index is 426. The summed E-state index contributed by atoms with van der Waals surface area (Å²) in [4.78, 5) is 12.9. The molecule has 0 saturated heterocycles. The van der Waals surface area contributed by atoms with Gasteiger partial charge in [0.05, 0.1) is 11.7 Å². The highest BCUT2D eigenvalue weighted by Crippen LogP contribution is 2.07. The number of hydrogen-bond donors (Lipinski definition) is 0. The lowest BCUT2D eigenvalue weighted by Crippen LogP contribution is -1.95. The molecule has 0 aliphatic heterocycles. The van der Waals surface area contributed by atoms with E-state index in [9.17, 15) is 0 Å². The first-order valence-corrected chi connectivity index (χ1v) is 4.97. The van der Waals surface area contributed by atoms with Crippen molar-refractivity contribution in [2.75, 3.05) is 0 Å². The fourth-order valence-corrected chi connectivity index (χ4v) is 1.36. The average molecular weight is 187 g/mol. The van der Waals surface area contributed by atoms with Crippen LogP contribution in [0.3, 0.4) is 0 Å². The van der Waals surface area contributed by atoms with E-state index >= 15 is 0 Å². The summed E-state index contributed by atoms with van der Waals surface area (Å²) < 4.78 is 0. The van der Waals surface area contributed by atoms with E-state index < -0.39 is 0 Å². The van der Waals surface area contributed by atoms with Gasteiger partial charge < -0.3 is 0 Å². The molecule has 14 heavy (non-hydrogen) atoms. The van der Waals surface area contributed by atoms with Crippen LogP contribution in [0, 0.1) is 0 Å². The summed E-state index contributed by atoms with van der Waals surface area (Å²) in [6, 6.07) is 3.87. The SMILES string of the molecule is CCCCc1ncc2ncccc2n1. The van der Waals surface area contributed by atoms with Gasteiger partial charge in [-0.15, -0.1) is 0 Å². The van der Waals surface area contributed by atoms with Crippen LogP contribution in [-0.4, -0.2) is 15.0 Å². The first kappa shape index (κ1) is 9.06. The molecule has 0 N–H and O–H groups in total. The molecule has 0 fully saturated rings. The molecule has 0 unspecified atom stereocenters. The Morgan fingerprint density at radius 2 is 2.14 bits per heavy atom. The van der Waals surface area contributed by atoms with Gasteiger partial charge in [0.15, 0.2) is 0 Å². The van der Waals surface area contributed by atoms with Gasteiger partial charge in [0, 0.05) is 12.6 Å². The fourth-order valence-electron chi connectivity index (χ4n) is 1.36. The maximum absolute atomic E-state index is 4.44. The van der Waals surface area contributed by atoms with Crippen molar-refractivity contribution in [3.8, 4) is 0 Å². The zero-order valence-corrected chi connectivity index (χ0v) is 8.27. The van der Waals surface area contributed by atoms with Crippen molar-refractivity contribution >= 4 is 11.0 Å². The number of unbranched alkanes of at least 4 members (excludes halogenated alkanes) is 1. The van der Waals surface area contributed by atoms with Crippen LogP contribution in [0.5, 0.6) is 0 Å². The third kappa shape index (κ3) is 1.87. The number of rotatable bonds is 3. The minimum Gasteiger partial charge on any atom is -0.253 e. The van der Waals surface area contributed by atoms with Crippen LogP contribution in [0.2, 0.25) is 0 Å². The van der Waals surface area contributed by atoms with E-state index in [1.807, 2.05) is 12.1 Å². The lowest BCUT2D eigenvalue weighted by Gasteiger charge is -1.99. The van der Waals surface area contributed by atoms with E-state index in [4.69, 9.17) is 0 Å². The van der Waals surface area contributed by atoms with Gasteiger partial charge in [0.1, 0.15) is 11.3 Å². The molecule has 0 saturated carbocycles. The van der Waals surface area contributed by atoms with Crippen molar-refractivity contribution in [2.24, 2.45) is 0 Å². The molecular formula is C11H13N3. The van der Waals surface area contributed by atoms with Crippen LogP contribution in [0.4, 0.5) is 0 Å². The maximum Gasteiger partial charge on any atom is 0.129 e. The summed E-state index contributed by atoms with van der Waals surface area (Å²) in [7, 11) is 0. The van der Waals surface area contributed by atoms with Gasteiger partial charge >= 0.3 is 0 Å². The molecule has 0 amide bonds. The number of hydrogen-bond acceptors (Lipinski definition) is 3. The van der Waals surface area contributed by atoms with Gasteiger partial charge in [0.25, 0.3) is 0 Å². The Morgan fingerprint density at radius 1 is 1.21 bits per heavy atom. The van der Waals surface area contributed by atoms with Crippen LogP contribution in [0.25, 0.3) is 11.0 Å². The van der Waals surface area contributed by atoms with Gasteiger partial charge in [-0.05, 0) is 18.6 Å². The van der Waals surface area contributed by atoms with Crippen LogP contribution in [0.1, 0.15) is 25.6 Å². The molecule has 2 aromatic rings. The zero-order valence-electron chi connectivity index (χ0n) is 8.27. The molecule has 0 aliphatic carbocycles. The largest absolute Gasteiger partial charge is 0.253 e. The van der Waals surface area contributed by atoms with Crippen molar-refractivity contribution in [2.45, 2.75) is 26.2 Å². The van der Waals surface area contributed by atoms with Crippen LogP contribution in [-0.2, 0) is 6.42 Å². The van der Waals surface area contributed by atoms with E-state index in [0.29, 0.717) is 0 Å². The predicted octanol–water partition coefficient (Wildman–Crippen LogP) is 2.37. The summed E-state index contributed by atoms with van der Waals surface area (Å²) in [5.74, 6) is 0.923. The first-order chi connectivity index (χ1) is 6.90. The highest BCUT2D eigenvalue weighted by Gasteiger charge is 1.98. The summed E-state index contributed by atoms with van der Waals surface area (Å²) >= 11 is 0. The molecular weight excluding hydrogens is 174 g/mol. The van der Waals surface area contributed by atoms with Gasteiger partial charge in [-0.25, -0.2) is 9.97 Å². The Balaban J connectivity index is 2.32. The van der Waals surface area contributed by atoms with Gasteiger partial charge in [-0.3, -0.25) is 4.98 Å².